The van der Waals surface area contributed by atoms with Crippen LogP contribution in [0, 0.1) is 23.2 Å². The van der Waals surface area contributed by atoms with Crippen molar-refractivity contribution < 1.29 is 9.59 Å². The van der Waals surface area contributed by atoms with Gasteiger partial charge < -0.3 is 0 Å². The minimum Gasteiger partial charge on any atom is -0.299 e. The van der Waals surface area contributed by atoms with Crippen molar-refractivity contribution in [3.05, 3.63) is 36.5 Å². The summed E-state index contributed by atoms with van der Waals surface area (Å²) in [7, 11) is 0. The van der Waals surface area contributed by atoms with Gasteiger partial charge in [-0.1, -0.05) is 50.6 Å². The third-order valence-electron chi connectivity index (χ3n) is 4.89. The maximum atomic E-state index is 12.3. The molecule has 22 heavy (non-hydrogen) atoms. The van der Waals surface area contributed by atoms with Crippen molar-refractivity contribution in [2.45, 2.75) is 53.9 Å². The van der Waals surface area contributed by atoms with Gasteiger partial charge in [0.2, 0.25) is 0 Å². The van der Waals surface area contributed by atoms with Crippen LogP contribution in [0.2, 0.25) is 0 Å². The molecule has 0 aromatic rings. The SMILES string of the molecule is C=C[C@]1(C)CC(=O)[C@H](C(=C)C)[C@H]1/C=C(\C)CCC(=O)C(C)C. The van der Waals surface area contributed by atoms with Crippen LogP contribution >= 0.6 is 0 Å². The van der Waals surface area contributed by atoms with Crippen molar-refractivity contribution in [3.8, 4) is 0 Å². The first-order chi connectivity index (χ1) is 10.1. The highest BCUT2D eigenvalue weighted by Gasteiger charge is 2.47. The van der Waals surface area contributed by atoms with Gasteiger partial charge in [-0.2, -0.15) is 0 Å². The van der Waals surface area contributed by atoms with E-state index in [1.807, 2.05) is 26.8 Å². The molecule has 3 atom stereocenters. The van der Waals surface area contributed by atoms with Gasteiger partial charge in [-0.25, -0.2) is 0 Å². The van der Waals surface area contributed by atoms with Crippen molar-refractivity contribution in [2.24, 2.45) is 23.2 Å². The van der Waals surface area contributed by atoms with Gasteiger partial charge in [0.1, 0.15) is 11.6 Å². The summed E-state index contributed by atoms with van der Waals surface area (Å²) >= 11 is 0. The fraction of sp³-hybridized carbons (Fsp3) is 0.600. The molecule has 1 rings (SSSR count). The molecule has 0 N–H and O–H groups in total. The fourth-order valence-corrected chi connectivity index (χ4v) is 3.26. The van der Waals surface area contributed by atoms with Crippen molar-refractivity contribution in [2.75, 3.05) is 0 Å². The summed E-state index contributed by atoms with van der Waals surface area (Å²) in [6.07, 6.45) is 5.94. The quantitative estimate of drug-likeness (QED) is 0.626. The molecule has 122 valence electrons. The average Bonchev–Trinajstić information content (AvgIpc) is 2.67. The molecule has 1 fully saturated rings. The van der Waals surface area contributed by atoms with Crippen LogP contribution in [0.4, 0.5) is 0 Å². The minimum absolute atomic E-state index is 0.0856. The number of hydrogen-bond donors (Lipinski definition) is 0. The van der Waals surface area contributed by atoms with E-state index in [1.54, 1.807) is 0 Å². The number of rotatable bonds is 7. The molecular formula is C20H30O2. The zero-order valence-electron chi connectivity index (χ0n) is 14.7. The van der Waals surface area contributed by atoms with E-state index >= 15 is 0 Å². The van der Waals surface area contributed by atoms with Gasteiger partial charge >= 0.3 is 0 Å². The standard InChI is InChI=1S/C20H30O2/c1-8-20(7)12-18(22)19(14(4)5)16(20)11-15(6)9-10-17(21)13(2)3/h8,11,13,16,19H,1,4,9-10,12H2,2-3,5-7H3/b15-11+/t16-,19-,20-/m1/s1. The lowest BCUT2D eigenvalue weighted by atomic mass is 9.74. The Hall–Kier alpha value is -1.44. The van der Waals surface area contributed by atoms with Gasteiger partial charge in [0, 0.05) is 24.7 Å². The molecule has 0 aromatic carbocycles. The summed E-state index contributed by atoms with van der Waals surface area (Å²) in [5.74, 6) is 0.603. The summed E-state index contributed by atoms with van der Waals surface area (Å²) < 4.78 is 0. The topological polar surface area (TPSA) is 34.1 Å². The Morgan fingerprint density at radius 3 is 2.41 bits per heavy atom. The van der Waals surface area contributed by atoms with E-state index in [2.05, 4.69) is 33.1 Å². The summed E-state index contributed by atoms with van der Waals surface area (Å²) in [6.45, 7) is 17.9. The summed E-state index contributed by atoms with van der Waals surface area (Å²) in [5, 5.41) is 0. The van der Waals surface area contributed by atoms with E-state index in [4.69, 9.17) is 0 Å². The molecule has 0 unspecified atom stereocenters. The third-order valence-corrected chi connectivity index (χ3v) is 4.89. The van der Waals surface area contributed by atoms with Crippen LogP contribution in [0.3, 0.4) is 0 Å². The molecule has 0 bridgehead atoms. The van der Waals surface area contributed by atoms with Crippen LogP contribution in [-0.4, -0.2) is 11.6 Å². The Labute approximate surface area is 135 Å². The van der Waals surface area contributed by atoms with Gasteiger partial charge in [-0.05, 0) is 31.6 Å². The van der Waals surface area contributed by atoms with E-state index in [0.717, 1.165) is 12.0 Å². The Morgan fingerprint density at radius 1 is 1.36 bits per heavy atom. The second kappa shape index (κ2) is 7.21. The molecule has 0 radical (unpaired) electrons. The number of carbonyl (C=O) groups is 2. The summed E-state index contributed by atoms with van der Waals surface area (Å²) in [4.78, 5) is 24.1. The first-order valence-corrected chi connectivity index (χ1v) is 8.14. The summed E-state index contributed by atoms with van der Waals surface area (Å²) in [6, 6.07) is 0. The normalized spacial score (nSPS) is 29.0. The highest BCUT2D eigenvalue weighted by Crippen LogP contribution is 2.49. The molecule has 1 aliphatic carbocycles. The molecule has 1 aliphatic rings. The van der Waals surface area contributed by atoms with Crippen molar-refractivity contribution in [3.63, 3.8) is 0 Å². The number of carbonyl (C=O) groups excluding carboxylic acids is 2. The zero-order chi connectivity index (χ0) is 17.1. The van der Waals surface area contributed by atoms with E-state index < -0.39 is 0 Å². The van der Waals surface area contributed by atoms with Crippen molar-refractivity contribution >= 4 is 11.6 Å². The highest BCUT2D eigenvalue weighted by molar-refractivity contribution is 5.88. The molecule has 0 spiro atoms. The highest BCUT2D eigenvalue weighted by atomic mass is 16.1. The molecular weight excluding hydrogens is 272 g/mol. The largest absolute Gasteiger partial charge is 0.299 e. The molecule has 0 aromatic heterocycles. The fourth-order valence-electron chi connectivity index (χ4n) is 3.26. The second-order valence-corrected chi connectivity index (χ2v) is 7.34. The van der Waals surface area contributed by atoms with Crippen LogP contribution in [0.15, 0.2) is 36.5 Å². The monoisotopic (exact) mass is 302 g/mol. The molecule has 0 saturated heterocycles. The predicted octanol–water partition coefficient (Wildman–Crippen LogP) is 4.91. The molecule has 0 amide bonds. The molecule has 0 heterocycles. The van der Waals surface area contributed by atoms with E-state index in [1.165, 1.54) is 5.57 Å². The lowest BCUT2D eigenvalue weighted by Crippen LogP contribution is -2.23. The number of Topliss-reactive ketones (excluding diaryl/α,β-unsaturated/α-hetero) is 2. The average molecular weight is 302 g/mol. The first-order valence-electron chi connectivity index (χ1n) is 8.14. The van der Waals surface area contributed by atoms with Crippen LogP contribution in [0.5, 0.6) is 0 Å². The van der Waals surface area contributed by atoms with Crippen molar-refractivity contribution in [1.82, 2.24) is 0 Å². The smallest absolute Gasteiger partial charge is 0.141 e. The third kappa shape index (κ3) is 4.06. The molecule has 2 heteroatoms. The van der Waals surface area contributed by atoms with Crippen LogP contribution < -0.4 is 0 Å². The molecule has 0 aliphatic heterocycles. The van der Waals surface area contributed by atoms with Crippen LogP contribution in [0.25, 0.3) is 0 Å². The van der Waals surface area contributed by atoms with Crippen molar-refractivity contribution in [1.29, 1.82) is 0 Å². The molecule has 1 saturated carbocycles. The van der Waals surface area contributed by atoms with Gasteiger partial charge in [-0.15, -0.1) is 6.58 Å². The van der Waals surface area contributed by atoms with E-state index in [9.17, 15) is 9.59 Å². The van der Waals surface area contributed by atoms with Crippen LogP contribution in [0.1, 0.15) is 53.9 Å². The van der Waals surface area contributed by atoms with E-state index in [-0.39, 0.29) is 34.7 Å². The minimum atomic E-state index is -0.218. The van der Waals surface area contributed by atoms with Gasteiger partial charge in [0.15, 0.2) is 0 Å². The lowest BCUT2D eigenvalue weighted by molar-refractivity contribution is -0.122. The van der Waals surface area contributed by atoms with E-state index in [0.29, 0.717) is 12.8 Å². The maximum absolute atomic E-state index is 12.3. The first kappa shape index (κ1) is 18.6. The maximum Gasteiger partial charge on any atom is 0.141 e. The number of hydrogen-bond acceptors (Lipinski definition) is 2. The van der Waals surface area contributed by atoms with Gasteiger partial charge in [0.25, 0.3) is 0 Å². The van der Waals surface area contributed by atoms with Crippen LogP contribution in [-0.2, 0) is 9.59 Å². The Kier molecular flexibility index (Phi) is 6.10. The zero-order valence-corrected chi connectivity index (χ0v) is 14.7. The van der Waals surface area contributed by atoms with Gasteiger partial charge in [0.05, 0.1) is 0 Å². The molecule has 2 nitrogen and oxygen atoms in total. The second-order valence-electron chi connectivity index (χ2n) is 7.34. The predicted molar refractivity (Wildman–Crippen MR) is 92.6 cm³/mol. The number of ketones is 2. The summed E-state index contributed by atoms with van der Waals surface area (Å²) in [5.41, 5.74) is 1.88. The Morgan fingerprint density at radius 2 is 1.95 bits per heavy atom. The Balaban J connectivity index is 2.96. The van der Waals surface area contributed by atoms with Gasteiger partial charge in [-0.3, -0.25) is 9.59 Å². The number of allylic oxidation sites excluding steroid dienone is 4. The Bertz CT molecular complexity index is 510. The lowest BCUT2D eigenvalue weighted by Gasteiger charge is -2.29.